The highest BCUT2D eigenvalue weighted by molar-refractivity contribution is 7.16. The maximum absolute atomic E-state index is 12.5. The number of hydrogen-bond donors (Lipinski definition) is 1. The Morgan fingerprint density at radius 3 is 2.57 bits per heavy atom. The lowest BCUT2D eigenvalue weighted by atomic mass is 10.1. The molecule has 0 unspecified atom stereocenters. The minimum Gasteiger partial charge on any atom is -0.497 e. The maximum Gasteiger partial charge on any atom is 0.338 e. The first-order valence-electron chi connectivity index (χ1n) is 10.9. The maximum atomic E-state index is 12.5. The summed E-state index contributed by atoms with van der Waals surface area (Å²) in [6.07, 6.45) is 0.758. The summed E-state index contributed by atoms with van der Waals surface area (Å²) in [5.74, 6) is 0.126. The van der Waals surface area contributed by atoms with Crippen molar-refractivity contribution in [1.82, 2.24) is 14.6 Å². The molecular weight excluding hydrogens is 468 g/mol. The van der Waals surface area contributed by atoms with E-state index in [0.717, 1.165) is 11.4 Å². The van der Waals surface area contributed by atoms with Crippen LogP contribution < -0.4 is 15.6 Å². The molecule has 4 rings (SSSR count). The summed E-state index contributed by atoms with van der Waals surface area (Å²) in [5, 5.41) is 7.91. The third-order valence-corrected chi connectivity index (χ3v) is 5.92. The molecule has 0 saturated carbocycles. The molecule has 9 nitrogen and oxygen atoms in total. The monoisotopic (exact) mass is 492 g/mol. The summed E-state index contributed by atoms with van der Waals surface area (Å²) in [5.41, 5.74) is 1.32. The van der Waals surface area contributed by atoms with Gasteiger partial charge in [-0.1, -0.05) is 31.3 Å². The van der Waals surface area contributed by atoms with Gasteiger partial charge in [0.05, 0.1) is 18.4 Å². The molecule has 10 heteroatoms. The number of esters is 1. The van der Waals surface area contributed by atoms with Gasteiger partial charge in [0.1, 0.15) is 17.4 Å². The van der Waals surface area contributed by atoms with Crippen LogP contribution in [0.2, 0.25) is 0 Å². The number of carbonyl (C=O) groups excluding carboxylic acids is 2. The molecule has 4 aromatic rings. The number of methoxy groups -OCH3 is 1. The van der Waals surface area contributed by atoms with Crippen LogP contribution in [-0.4, -0.2) is 33.6 Å². The van der Waals surface area contributed by atoms with Crippen molar-refractivity contribution in [3.8, 4) is 5.75 Å². The van der Waals surface area contributed by atoms with Crippen molar-refractivity contribution >= 4 is 33.9 Å². The number of fused-ring (bicyclic) bond motifs is 1. The highest BCUT2D eigenvalue weighted by Gasteiger charge is 2.13. The van der Waals surface area contributed by atoms with Gasteiger partial charge < -0.3 is 14.8 Å². The summed E-state index contributed by atoms with van der Waals surface area (Å²) in [7, 11) is 1.53. The van der Waals surface area contributed by atoms with Gasteiger partial charge in [0.25, 0.3) is 11.5 Å². The average molecular weight is 493 g/mol. The molecule has 2 aromatic carbocycles. The number of ether oxygens (including phenoxy) is 2. The van der Waals surface area contributed by atoms with E-state index in [1.807, 2.05) is 0 Å². The Kier molecular flexibility index (Phi) is 7.21. The van der Waals surface area contributed by atoms with Crippen LogP contribution in [0.3, 0.4) is 0 Å². The molecule has 2 heterocycles. The predicted octanol–water partition coefficient (Wildman–Crippen LogP) is 3.97. The Bertz CT molecular complexity index is 1430. The van der Waals surface area contributed by atoms with Gasteiger partial charge >= 0.3 is 5.97 Å². The Hall–Kier alpha value is -4.05. The fourth-order valence-corrected chi connectivity index (χ4v) is 4.41. The van der Waals surface area contributed by atoms with Crippen LogP contribution >= 0.6 is 11.3 Å². The molecule has 0 radical (unpaired) electrons. The van der Waals surface area contributed by atoms with Gasteiger partial charge in [-0.05, 0) is 48.4 Å². The van der Waals surface area contributed by atoms with Gasteiger partial charge in [-0.25, -0.2) is 9.78 Å². The number of anilines is 1. The van der Waals surface area contributed by atoms with Crippen molar-refractivity contribution in [3.63, 3.8) is 0 Å². The molecule has 35 heavy (non-hydrogen) atoms. The van der Waals surface area contributed by atoms with Gasteiger partial charge in [-0.3, -0.25) is 9.59 Å². The molecule has 0 spiro atoms. The minimum absolute atomic E-state index is 0.143. The van der Waals surface area contributed by atoms with Crippen molar-refractivity contribution in [2.75, 3.05) is 12.4 Å². The van der Waals surface area contributed by atoms with E-state index in [1.54, 1.807) is 48.5 Å². The van der Waals surface area contributed by atoms with Gasteiger partial charge in [-0.15, -0.1) is 0 Å². The highest BCUT2D eigenvalue weighted by Crippen LogP contribution is 2.17. The van der Waals surface area contributed by atoms with Gasteiger partial charge in [0, 0.05) is 23.7 Å². The molecule has 0 atom stereocenters. The summed E-state index contributed by atoms with van der Waals surface area (Å²) < 4.78 is 11.7. The van der Waals surface area contributed by atoms with Crippen LogP contribution in [0.4, 0.5) is 5.69 Å². The number of hydrogen-bond acceptors (Lipinski definition) is 8. The smallest absolute Gasteiger partial charge is 0.338 e. The van der Waals surface area contributed by atoms with Crippen LogP contribution in [0.1, 0.15) is 45.3 Å². The predicted molar refractivity (Wildman–Crippen MR) is 132 cm³/mol. The molecule has 1 N–H and O–H groups in total. The zero-order valence-electron chi connectivity index (χ0n) is 19.5. The van der Waals surface area contributed by atoms with Crippen molar-refractivity contribution in [2.24, 2.45) is 5.92 Å². The number of nitrogens with zero attached hydrogens (tertiary/aromatic N) is 3. The second-order valence-electron chi connectivity index (χ2n) is 8.21. The zero-order chi connectivity index (χ0) is 24.9. The van der Waals surface area contributed by atoms with Gasteiger partial charge in [-0.2, -0.15) is 9.61 Å². The summed E-state index contributed by atoms with van der Waals surface area (Å²) in [6.45, 7) is 4.01. The summed E-state index contributed by atoms with van der Waals surface area (Å²) >= 11 is 1.35. The lowest BCUT2D eigenvalue weighted by Gasteiger charge is -2.08. The SMILES string of the molecule is COc1cccc(C(=O)Nc2ccc(C(=O)OCc3cc(=O)n4nc(CC(C)C)sc4n3)cc2)c1. The van der Waals surface area contributed by atoms with Crippen LogP contribution in [0.5, 0.6) is 5.75 Å². The van der Waals surface area contributed by atoms with E-state index in [4.69, 9.17) is 9.47 Å². The van der Waals surface area contributed by atoms with E-state index in [-0.39, 0.29) is 18.1 Å². The van der Waals surface area contributed by atoms with E-state index >= 15 is 0 Å². The second-order valence-corrected chi connectivity index (χ2v) is 9.25. The molecule has 0 fully saturated rings. The molecule has 0 aliphatic heterocycles. The lowest BCUT2D eigenvalue weighted by molar-refractivity contribution is 0.0467. The summed E-state index contributed by atoms with van der Waals surface area (Å²) in [4.78, 5) is 42.1. The van der Waals surface area contributed by atoms with Crippen molar-refractivity contribution < 1.29 is 19.1 Å². The average Bonchev–Trinajstić information content (AvgIpc) is 3.25. The number of amides is 1. The van der Waals surface area contributed by atoms with Crippen LogP contribution in [0.15, 0.2) is 59.4 Å². The normalized spacial score (nSPS) is 11.0. The Labute approximate surface area is 205 Å². The molecule has 0 saturated heterocycles. The fourth-order valence-electron chi connectivity index (χ4n) is 3.28. The van der Waals surface area contributed by atoms with E-state index in [2.05, 4.69) is 29.2 Å². The molecule has 0 bridgehead atoms. The van der Waals surface area contributed by atoms with Crippen LogP contribution in [0, 0.1) is 5.92 Å². The molecule has 0 aliphatic rings. The standard InChI is InChI=1S/C25H24N4O5S/c1-15(2)11-21-28-29-22(30)13-19(27-25(29)35-21)14-34-24(32)16-7-9-18(10-8-16)26-23(31)17-5-4-6-20(12-17)33-3/h4-10,12-13,15H,11,14H2,1-3H3,(H,26,31). The van der Waals surface area contributed by atoms with Gasteiger partial charge in [0.2, 0.25) is 4.96 Å². The van der Waals surface area contributed by atoms with Crippen LogP contribution in [-0.2, 0) is 17.8 Å². The first kappa shape index (κ1) is 24.1. The third kappa shape index (κ3) is 5.90. The van der Waals surface area contributed by atoms with Crippen LogP contribution in [0.25, 0.3) is 4.96 Å². The first-order valence-corrected chi connectivity index (χ1v) is 11.8. The fraction of sp³-hybridized carbons (Fsp3) is 0.240. The molecular formula is C25H24N4O5S. The Morgan fingerprint density at radius 2 is 1.86 bits per heavy atom. The molecule has 1 amide bonds. The van der Waals surface area contributed by atoms with E-state index < -0.39 is 5.97 Å². The Morgan fingerprint density at radius 1 is 1.09 bits per heavy atom. The van der Waals surface area contributed by atoms with E-state index in [1.165, 1.54) is 29.0 Å². The third-order valence-electron chi connectivity index (χ3n) is 4.98. The number of aromatic nitrogens is 3. The number of benzene rings is 2. The minimum atomic E-state index is -0.567. The van der Waals surface area contributed by atoms with Crippen molar-refractivity contribution in [1.29, 1.82) is 0 Å². The highest BCUT2D eigenvalue weighted by atomic mass is 32.1. The summed E-state index contributed by atoms with van der Waals surface area (Å²) in [6, 6.07) is 14.4. The number of nitrogens with one attached hydrogen (secondary N) is 1. The first-order chi connectivity index (χ1) is 16.8. The largest absolute Gasteiger partial charge is 0.497 e. The molecule has 0 aliphatic carbocycles. The topological polar surface area (TPSA) is 112 Å². The Balaban J connectivity index is 1.38. The zero-order valence-corrected chi connectivity index (χ0v) is 20.3. The molecule has 2 aromatic heterocycles. The second kappa shape index (κ2) is 10.5. The number of rotatable bonds is 8. The lowest BCUT2D eigenvalue weighted by Crippen LogP contribution is -2.17. The van der Waals surface area contributed by atoms with Crippen molar-refractivity contribution in [3.05, 3.63) is 86.8 Å². The van der Waals surface area contributed by atoms with Crippen molar-refractivity contribution in [2.45, 2.75) is 26.9 Å². The number of carbonyl (C=O) groups is 2. The van der Waals surface area contributed by atoms with E-state index in [9.17, 15) is 14.4 Å². The quantitative estimate of drug-likeness (QED) is 0.371. The molecule has 180 valence electrons. The van der Waals surface area contributed by atoms with Gasteiger partial charge in [0.15, 0.2) is 0 Å². The van der Waals surface area contributed by atoms with E-state index in [0.29, 0.717) is 39.1 Å².